The van der Waals surface area contributed by atoms with E-state index in [0.717, 1.165) is 11.8 Å². The van der Waals surface area contributed by atoms with E-state index in [-0.39, 0.29) is 10.7 Å². The molecule has 0 aliphatic rings. The van der Waals surface area contributed by atoms with Crippen LogP contribution in [0.1, 0.15) is 10.4 Å². The van der Waals surface area contributed by atoms with E-state index in [2.05, 4.69) is 5.32 Å². The number of hydrogen-bond acceptors (Lipinski definition) is 4. The maximum atomic E-state index is 13.6. The Hall–Kier alpha value is -2.60. The molecule has 0 aromatic heterocycles. The normalized spacial score (nSPS) is 10.2. The molecular weight excluding hydrogens is 335 g/mol. The van der Waals surface area contributed by atoms with Crippen LogP contribution < -0.4 is 10.2 Å². The number of nitrogens with one attached hydrogen (secondary N) is 1. The second kappa shape index (κ2) is 7.79. The zero-order valence-electron chi connectivity index (χ0n) is 13.2. The first-order valence-corrected chi connectivity index (χ1v) is 7.44. The molecule has 0 saturated carbocycles. The van der Waals surface area contributed by atoms with E-state index < -0.39 is 24.3 Å². The molecule has 0 heterocycles. The molecule has 2 rings (SSSR count). The van der Waals surface area contributed by atoms with Gasteiger partial charge in [0, 0.05) is 24.8 Å². The minimum Gasteiger partial charge on any atom is -0.452 e. The summed E-state index contributed by atoms with van der Waals surface area (Å²) < 4.78 is 18.5. The van der Waals surface area contributed by atoms with E-state index in [9.17, 15) is 14.0 Å². The van der Waals surface area contributed by atoms with Crippen molar-refractivity contribution < 1.29 is 18.7 Å². The van der Waals surface area contributed by atoms with Gasteiger partial charge in [0.05, 0.1) is 11.3 Å². The summed E-state index contributed by atoms with van der Waals surface area (Å²) in [5.74, 6) is -1.94. The highest BCUT2D eigenvalue weighted by atomic mass is 35.5. The van der Waals surface area contributed by atoms with Crippen molar-refractivity contribution in [2.75, 3.05) is 30.9 Å². The molecule has 1 amide bonds. The number of hydrogen-bond donors (Lipinski definition) is 1. The Balaban J connectivity index is 1.93. The fourth-order valence-electron chi connectivity index (χ4n) is 1.90. The lowest BCUT2D eigenvalue weighted by molar-refractivity contribution is -0.119. The SMILES string of the molecule is CN(C)c1cccc(C(=O)OCC(=O)Nc2ccc(Cl)cc2F)c1. The minimum atomic E-state index is -0.666. The van der Waals surface area contributed by atoms with E-state index in [0.29, 0.717) is 5.56 Å². The molecule has 0 bridgehead atoms. The maximum Gasteiger partial charge on any atom is 0.338 e. The zero-order valence-corrected chi connectivity index (χ0v) is 13.9. The second-order valence-corrected chi connectivity index (χ2v) is 5.63. The van der Waals surface area contributed by atoms with Gasteiger partial charge in [-0.2, -0.15) is 0 Å². The number of carbonyl (C=O) groups excluding carboxylic acids is 2. The molecule has 0 aliphatic heterocycles. The number of rotatable bonds is 5. The van der Waals surface area contributed by atoms with Gasteiger partial charge in [0.1, 0.15) is 5.82 Å². The molecule has 0 fully saturated rings. The first kappa shape index (κ1) is 17.7. The molecular formula is C17H16ClFN2O3. The van der Waals surface area contributed by atoms with Crippen molar-refractivity contribution in [1.82, 2.24) is 0 Å². The van der Waals surface area contributed by atoms with Gasteiger partial charge in [0.2, 0.25) is 0 Å². The molecule has 2 aromatic carbocycles. The third-order valence-corrected chi connectivity index (χ3v) is 3.37. The Labute approximate surface area is 144 Å². The molecule has 0 saturated heterocycles. The molecule has 1 N–H and O–H groups in total. The molecule has 24 heavy (non-hydrogen) atoms. The Morgan fingerprint density at radius 2 is 1.96 bits per heavy atom. The highest BCUT2D eigenvalue weighted by Gasteiger charge is 2.13. The number of amides is 1. The van der Waals surface area contributed by atoms with Crippen molar-refractivity contribution in [2.45, 2.75) is 0 Å². The van der Waals surface area contributed by atoms with Gasteiger partial charge in [-0.3, -0.25) is 4.79 Å². The van der Waals surface area contributed by atoms with Crippen molar-refractivity contribution in [1.29, 1.82) is 0 Å². The Kier molecular flexibility index (Phi) is 5.76. The third-order valence-electron chi connectivity index (χ3n) is 3.14. The second-order valence-electron chi connectivity index (χ2n) is 5.19. The summed E-state index contributed by atoms with van der Waals surface area (Å²) in [6, 6.07) is 10.7. The number of carbonyl (C=O) groups is 2. The maximum absolute atomic E-state index is 13.6. The molecule has 126 valence electrons. The summed E-state index contributed by atoms with van der Waals surface area (Å²) in [5, 5.41) is 2.54. The number of halogens is 2. The number of esters is 1. The van der Waals surface area contributed by atoms with E-state index in [1.165, 1.54) is 12.1 Å². The van der Waals surface area contributed by atoms with Crippen LogP contribution in [0, 0.1) is 5.82 Å². The van der Waals surface area contributed by atoms with Crippen LogP contribution in [0.2, 0.25) is 5.02 Å². The predicted molar refractivity (Wildman–Crippen MR) is 91.1 cm³/mol. The first-order valence-electron chi connectivity index (χ1n) is 7.06. The van der Waals surface area contributed by atoms with Crippen molar-refractivity contribution in [2.24, 2.45) is 0 Å². The summed E-state index contributed by atoms with van der Waals surface area (Å²) in [6.45, 7) is -0.521. The van der Waals surface area contributed by atoms with Crippen LogP contribution in [0.5, 0.6) is 0 Å². The molecule has 2 aromatic rings. The molecule has 0 radical (unpaired) electrons. The lowest BCUT2D eigenvalue weighted by atomic mass is 10.2. The molecule has 0 unspecified atom stereocenters. The van der Waals surface area contributed by atoms with E-state index in [1.54, 1.807) is 18.2 Å². The number of ether oxygens (including phenoxy) is 1. The monoisotopic (exact) mass is 350 g/mol. The lowest BCUT2D eigenvalue weighted by Gasteiger charge is -2.13. The van der Waals surface area contributed by atoms with Crippen molar-refractivity contribution in [3.63, 3.8) is 0 Å². The number of anilines is 2. The van der Waals surface area contributed by atoms with Gasteiger partial charge in [-0.1, -0.05) is 17.7 Å². The van der Waals surface area contributed by atoms with Gasteiger partial charge in [-0.25, -0.2) is 9.18 Å². The average Bonchev–Trinajstić information content (AvgIpc) is 2.55. The van der Waals surface area contributed by atoms with Crippen LogP contribution in [-0.2, 0) is 9.53 Å². The Bertz CT molecular complexity index is 765. The number of benzene rings is 2. The summed E-state index contributed by atoms with van der Waals surface area (Å²) in [7, 11) is 3.69. The summed E-state index contributed by atoms with van der Waals surface area (Å²) in [6.07, 6.45) is 0. The number of nitrogens with zero attached hydrogens (tertiary/aromatic N) is 1. The van der Waals surface area contributed by atoms with E-state index in [1.807, 2.05) is 25.1 Å². The largest absolute Gasteiger partial charge is 0.452 e. The highest BCUT2D eigenvalue weighted by molar-refractivity contribution is 6.30. The van der Waals surface area contributed by atoms with Gasteiger partial charge >= 0.3 is 5.97 Å². The van der Waals surface area contributed by atoms with Gasteiger partial charge in [0.15, 0.2) is 6.61 Å². The van der Waals surface area contributed by atoms with Crippen molar-refractivity contribution in [3.8, 4) is 0 Å². The smallest absolute Gasteiger partial charge is 0.338 e. The van der Waals surface area contributed by atoms with Crippen LogP contribution in [0.4, 0.5) is 15.8 Å². The van der Waals surface area contributed by atoms with Gasteiger partial charge < -0.3 is 15.0 Å². The highest BCUT2D eigenvalue weighted by Crippen LogP contribution is 2.19. The zero-order chi connectivity index (χ0) is 17.7. The molecule has 5 nitrogen and oxygen atoms in total. The lowest BCUT2D eigenvalue weighted by Crippen LogP contribution is -2.21. The molecule has 0 atom stereocenters. The fraction of sp³-hybridized carbons (Fsp3) is 0.176. The van der Waals surface area contributed by atoms with Gasteiger partial charge in [0.25, 0.3) is 5.91 Å². The predicted octanol–water partition coefficient (Wildman–Crippen LogP) is 3.34. The van der Waals surface area contributed by atoms with Crippen LogP contribution in [-0.4, -0.2) is 32.6 Å². The first-order chi connectivity index (χ1) is 11.4. The average molecular weight is 351 g/mol. The Morgan fingerprint density at radius 1 is 1.21 bits per heavy atom. The van der Waals surface area contributed by atoms with Crippen molar-refractivity contribution >= 4 is 34.9 Å². The minimum absolute atomic E-state index is 0.0324. The van der Waals surface area contributed by atoms with E-state index >= 15 is 0 Å². The van der Waals surface area contributed by atoms with Crippen LogP contribution in [0.3, 0.4) is 0 Å². The quantitative estimate of drug-likeness (QED) is 0.840. The van der Waals surface area contributed by atoms with Crippen molar-refractivity contribution in [3.05, 3.63) is 58.9 Å². The summed E-state index contributed by atoms with van der Waals surface area (Å²) in [5.41, 5.74) is 1.12. The van der Waals surface area contributed by atoms with E-state index in [4.69, 9.17) is 16.3 Å². The Morgan fingerprint density at radius 3 is 2.62 bits per heavy atom. The third kappa shape index (κ3) is 4.70. The molecule has 0 aliphatic carbocycles. The standard InChI is InChI=1S/C17H16ClFN2O3/c1-21(2)13-5-3-4-11(8-13)17(23)24-10-16(22)20-15-7-6-12(18)9-14(15)19/h3-9H,10H2,1-2H3,(H,20,22). The molecule has 0 spiro atoms. The van der Waals surface area contributed by atoms with Gasteiger partial charge in [-0.05, 0) is 36.4 Å². The van der Waals surface area contributed by atoms with Gasteiger partial charge in [-0.15, -0.1) is 0 Å². The van der Waals surface area contributed by atoms with Crippen LogP contribution >= 0.6 is 11.6 Å². The fourth-order valence-corrected chi connectivity index (χ4v) is 2.06. The van der Waals surface area contributed by atoms with Crippen LogP contribution in [0.15, 0.2) is 42.5 Å². The summed E-state index contributed by atoms with van der Waals surface area (Å²) in [4.78, 5) is 25.6. The topological polar surface area (TPSA) is 58.6 Å². The molecule has 7 heteroatoms. The van der Waals surface area contributed by atoms with Crippen LogP contribution in [0.25, 0.3) is 0 Å². The summed E-state index contributed by atoms with van der Waals surface area (Å²) >= 11 is 5.63.